The van der Waals surface area contributed by atoms with E-state index >= 15 is 0 Å². The number of aliphatic hydroxyl groups is 1. The van der Waals surface area contributed by atoms with Crippen LogP contribution in [0.3, 0.4) is 0 Å². The number of imidazole rings is 1. The summed E-state index contributed by atoms with van der Waals surface area (Å²) in [7, 11) is 0. The number of benzene rings is 1. The molecule has 2 aliphatic rings. The van der Waals surface area contributed by atoms with Gasteiger partial charge >= 0.3 is 0 Å². The molecule has 0 radical (unpaired) electrons. The Morgan fingerprint density at radius 1 is 1.10 bits per heavy atom. The molecule has 0 spiro atoms. The van der Waals surface area contributed by atoms with E-state index < -0.39 is 6.29 Å². The summed E-state index contributed by atoms with van der Waals surface area (Å²) in [6.07, 6.45) is 4.75. The molecule has 30 heavy (non-hydrogen) atoms. The molecule has 0 aliphatic carbocycles. The number of fused-ring (bicyclic) bond motifs is 2. The lowest BCUT2D eigenvalue weighted by atomic mass is 10.0. The van der Waals surface area contributed by atoms with Gasteiger partial charge in [0, 0.05) is 60.5 Å². The van der Waals surface area contributed by atoms with Crippen LogP contribution in [0.5, 0.6) is 5.75 Å². The monoisotopic (exact) mass is 405 g/mol. The molecular weight excluding hydrogens is 378 g/mol. The van der Waals surface area contributed by atoms with Crippen LogP contribution in [0.4, 0.5) is 5.69 Å². The Hall–Kier alpha value is -2.90. The minimum absolute atomic E-state index is 0.430. The molecule has 7 heteroatoms. The molecular formula is C23H27N5O2. The standard InChI is InChI=1S/C23H27N5O2/c1-13-9-27(10-14(2)24-13)18-6-5-17-7-19(23(29)30-21(17)8-18)20-12-28-11-15(3)25-16(4)22(28)26-20/h5-8,11-14,23-24,29H,9-10H2,1-4H3/t13-,14+,23?. The molecule has 1 saturated heterocycles. The summed E-state index contributed by atoms with van der Waals surface area (Å²) >= 11 is 0. The minimum Gasteiger partial charge on any atom is -0.460 e. The third-order valence-electron chi connectivity index (χ3n) is 5.76. The number of nitrogens with zero attached hydrogens (tertiary/aromatic N) is 4. The first-order valence-corrected chi connectivity index (χ1v) is 10.4. The van der Waals surface area contributed by atoms with Crippen LogP contribution in [0.1, 0.15) is 36.5 Å². The molecule has 5 rings (SSSR count). The van der Waals surface area contributed by atoms with E-state index in [4.69, 9.17) is 4.74 Å². The van der Waals surface area contributed by atoms with E-state index in [-0.39, 0.29) is 0 Å². The zero-order valence-corrected chi connectivity index (χ0v) is 17.8. The topological polar surface area (TPSA) is 74.9 Å². The molecule has 2 N–H and O–H groups in total. The lowest BCUT2D eigenvalue weighted by molar-refractivity contribution is 0.0318. The molecule has 0 saturated carbocycles. The predicted molar refractivity (Wildman–Crippen MR) is 118 cm³/mol. The molecule has 1 fully saturated rings. The molecule has 156 valence electrons. The second-order valence-corrected chi connectivity index (χ2v) is 8.49. The van der Waals surface area contributed by atoms with Gasteiger partial charge in [-0.2, -0.15) is 0 Å². The van der Waals surface area contributed by atoms with Crippen molar-refractivity contribution in [1.82, 2.24) is 19.7 Å². The molecule has 0 bridgehead atoms. The maximum absolute atomic E-state index is 10.7. The Morgan fingerprint density at radius 2 is 1.87 bits per heavy atom. The zero-order chi connectivity index (χ0) is 21.0. The lowest BCUT2D eigenvalue weighted by Gasteiger charge is -2.38. The predicted octanol–water partition coefficient (Wildman–Crippen LogP) is 2.78. The van der Waals surface area contributed by atoms with Crippen LogP contribution in [0.2, 0.25) is 0 Å². The average Bonchev–Trinajstić information content (AvgIpc) is 3.10. The van der Waals surface area contributed by atoms with Crippen molar-refractivity contribution < 1.29 is 9.84 Å². The first kappa shape index (κ1) is 19.1. The molecule has 3 atom stereocenters. The molecule has 7 nitrogen and oxygen atoms in total. The van der Waals surface area contributed by atoms with E-state index in [0.717, 1.165) is 41.4 Å². The van der Waals surface area contributed by atoms with Crippen LogP contribution in [-0.2, 0) is 0 Å². The van der Waals surface area contributed by atoms with Crippen LogP contribution < -0.4 is 15.0 Å². The number of aliphatic hydroxyl groups excluding tert-OH is 1. The van der Waals surface area contributed by atoms with E-state index in [1.54, 1.807) is 0 Å². The highest BCUT2D eigenvalue weighted by Gasteiger charge is 2.26. The van der Waals surface area contributed by atoms with Gasteiger partial charge < -0.3 is 24.5 Å². The van der Waals surface area contributed by atoms with Crippen LogP contribution in [0, 0.1) is 13.8 Å². The summed E-state index contributed by atoms with van der Waals surface area (Å²) in [6, 6.07) is 7.07. The van der Waals surface area contributed by atoms with Crippen molar-refractivity contribution in [3.63, 3.8) is 0 Å². The Morgan fingerprint density at radius 3 is 2.63 bits per heavy atom. The third kappa shape index (κ3) is 3.34. The maximum atomic E-state index is 10.7. The van der Waals surface area contributed by atoms with E-state index in [1.165, 1.54) is 0 Å². The number of nitrogens with one attached hydrogen (secondary N) is 1. The number of anilines is 1. The fourth-order valence-corrected chi connectivity index (χ4v) is 4.55. The Kier molecular flexibility index (Phi) is 4.52. The van der Waals surface area contributed by atoms with Gasteiger partial charge in [0.05, 0.1) is 17.1 Å². The first-order chi connectivity index (χ1) is 14.4. The highest BCUT2D eigenvalue weighted by Crippen LogP contribution is 2.36. The van der Waals surface area contributed by atoms with Gasteiger partial charge in [-0.1, -0.05) is 0 Å². The molecule has 2 aromatic heterocycles. The smallest absolute Gasteiger partial charge is 0.226 e. The second-order valence-electron chi connectivity index (χ2n) is 8.49. The maximum Gasteiger partial charge on any atom is 0.226 e. The van der Waals surface area contributed by atoms with Gasteiger partial charge in [0.25, 0.3) is 0 Å². The Bertz CT molecular complexity index is 1140. The quantitative estimate of drug-likeness (QED) is 0.683. The van der Waals surface area contributed by atoms with Crippen molar-refractivity contribution in [3.05, 3.63) is 53.2 Å². The second kappa shape index (κ2) is 7.11. The van der Waals surface area contributed by atoms with Gasteiger partial charge in [-0.3, -0.25) is 4.98 Å². The fourth-order valence-electron chi connectivity index (χ4n) is 4.55. The lowest BCUT2D eigenvalue weighted by Crippen LogP contribution is -2.54. The third-order valence-corrected chi connectivity index (χ3v) is 5.76. The highest BCUT2D eigenvalue weighted by molar-refractivity contribution is 5.86. The Balaban J connectivity index is 1.49. The fraction of sp³-hybridized carbons (Fsp3) is 0.391. The number of rotatable bonds is 2. The van der Waals surface area contributed by atoms with Gasteiger partial charge in [-0.05, 0) is 45.9 Å². The summed E-state index contributed by atoms with van der Waals surface area (Å²) in [6.45, 7) is 10.2. The molecule has 1 unspecified atom stereocenters. The number of aryl methyl sites for hydroxylation is 2. The first-order valence-electron chi connectivity index (χ1n) is 10.4. The average molecular weight is 406 g/mol. The SMILES string of the molecule is Cc1cn2cc(C3=Cc4ccc(N5C[C@@H](C)N[C@@H](C)C5)cc4OC3O)nc2c(C)n1. The van der Waals surface area contributed by atoms with E-state index in [2.05, 4.69) is 46.2 Å². The molecule has 3 aromatic rings. The van der Waals surface area contributed by atoms with Crippen molar-refractivity contribution >= 4 is 23.0 Å². The minimum atomic E-state index is -1.06. The van der Waals surface area contributed by atoms with E-state index in [0.29, 0.717) is 29.1 Å². The summed E-state index contributed by atoms with van der Waals surface area (Å²) in [5.41, 5.74) is 5.97. The van der Waals surface area contributed by atoms with Gasteiger partial charge in [0.15, 0.2) is 5.65 Å². The van der Waals surface area contributed by atoms with Gasteiger partial charge in [0.2, 0.25) is 6.29 Å². The summed E-state index contributed by atoms with van der Waals surface area (Å²) in [5.74, 6) is 0.694. The summed E-state index contributed by atoms with van der Waals surface area (Å²) < 4.78 is 7.86. The van der Waals surface area contributed by atoms with Crippen molar-refractivity contribution in [2.75, 3.05) is 18.0 Å². The van der Waals surface area contributed by atoms with Crippen molar-refractivity contribution in [3.8, 4) is 5.75 Å². The molecule has 1 aromatic carbocycles. The van der Waals surface area contributed by atoms with Crippen LogP contribution >= 0.6 is 0 Å². The normalized spacial score (nSPS) is 23.8. The van der Waals surface area contributed by atoms with Crippen LogP contribution in [0.15, 0.2) is 30.6 Å². The summed E-state index contributed by atoms with van der Waals surface area (Å²) in [5, 5.41) is 14.3. The summed E-state index contributed by atoms with van der Waals surface area (Å²) in [4.78, 5) is 11.5. The zero-order valence-electron chi connectivity index (χ0n) is 17.8. The van der Waals surface area contributed by atoms with E-state index in [1.807, 2.05) is 42.8 Å². The van der Waals surface area contributed by atoms with Gasteiger partial charge in [-0.15, -0.1) is 0 Å². The number of hydrogen-bond acceptors (Lipinski definition) is 6. The van der Waals surface area contributed by atoms with Crippen molar-refractivity contribution in [2.45, 2.75) is 46.1 Å². The van der Waals surface area contributed by atoms with Crippen LogP contribution in [-0.4, -0.2) is 50.9 Å². The van der Waals surface area contributed by atoms with Crippen LogP contribution in [0.25, 0.3) is 17.3 Å². The molecule has 0 amide bonds. The largest absolute Gasteiger partial charge is 0.460 e. The number of piperazine rings is 1. The van der Waals surface area contributed by atoms with Gasteiger partial charge in [-0.25, -0.2) is 4.98 Å². The number of aromatic nitrogens is 3. The Labute approximate surface area is 176 Å². The van der Waals surface area contributed by atoms with Gasteiger partial charge in [0.1, 0.15) is 5.75 Å². The van der Waals surface area contributed by atoms with Crippen molar-refractivity contribution in [2.24, 2.45) is 0 Å². The number of ether oxygens (including phenoxy) is 1. The number of hydrogen-bond donors (Lipinski definition) is 2. The molecule has 4 heterocycles. The van der Waals surface area contributed by atoms with E-state index in [9.17, 15) is 5.11 Å². The highest BCUT2D eigenvalue weighted by atomic mass is 16.6. The molecule has 2 aliphatic heterocycles. The van der Waals surface area contributed by atoms with Crippen molar-refractivity contribution in [1.29, 1.82) is 0 Å².